The molecule has 6 nitrogen and oxygen atoms in total. The van der Waals surface area contributed by atoms with E-state index in [1.54, 1.807) is 13.8 Å². The SMILES string of the molecule is CC12CC[C@@]34CC35CC[C@H](OC3CNCCO3)C(C)(C)C5CCC4C1CC1OC([C@H](O)C(C)(C)O)CCC12. The molecule has 216 valence electrons. The maximum Gasteiger partial charge on any atom is 0.170 e. The predicted molar refractivity (Wildman–Crippen MR) is 145 cm³/mol. The first-order chi connectivity index (χ1) is 17.9. The van der Waals surface area contributed by atoms with Gasteiger partial charge in [-0.05, 0) is 123 Å². The monoisotopic (exact) mass is 531 g/mol. The molecule has 0 aromatic carbocycles. The number of hydrogen-bond acceptors (Lipinski definition) is 6. The number of hydrogen-bond donors (Lipinski definition) is 3. The van der Waals surface area contributed by atoms with Gasteiger partial charge in [0.05, 0.1) is 30.5 Å². The molecule has 5 saturated carbocycles. The van der Waals surface area contributed by atoms with E-state index in [9.17, 15) is 10.2 Å². The van der Waals surface area contributed by atoms with Crippen LogP contribution in [0.3, 0.4) is 0 Å². The van der Waals surface area contributed by atoms with Crippen LogP contribution in [0.5, 0.6) is 0 Å². The van der Waals surface area contributed by atoms with Crippen LogP contribution in [0, 0.1) is 45.3 Å². The molecule has 0 radical (unpaired) electrons. The molecule has 2 aliphatic heterocycles. The zero-order valence-corrected chi connectivity index (χ0v) is 24.5. The van der Waals surface area contributed by atoms with E-state index in [1.165, 1.54) is 44.9 Å². The van der Waals surface area contributed by atoms with E-state index in [-0.39, 0.29) is 30.0 Å². The molecule has 12 atom stereocenters. The minimum Gasteiger partial charge on any atom is -0.388 e. The van der Waals surface area contributed by atoms with E-state index in [1.807, 2.05) is 0 Å². The Hall–Kier alpha value is -0.240. The lowest BCUT2D eigenvalue weighted by Crippen LogP contribution is -2.56. The lowest BCUT2D eigenvalue weighted by molar-refractivity contribution is -0.232. The third-order valence-electron chi connectivity index (χ3n) is 13.8. The molecule has 0 aromatic rings. The summed E-state index contributed by atoms with van der Waals surface area (Å²) >= 11 is 0. The number of nitrogens with one attached hydrogen (secondary N) is 1. The van der Waals surface area contributed by atoms with Gasteiger partial charge in [0.2, 0.25) is 0 Å². The summed E-state index contributed by atoms with van der Waals surface area (Å²) in [7, 11) is 0. The fourth-order valence-corrected chi connectivity index (χ4v) is 12.0. The number of morpholine rings is 1. The maximum absolute atomic E-state index is 10.8. The van der Waals surface area contributed by atoms with E-state index in [4.69, 9.17) is 14.2 Å². The Morgan fingerprint density at radius 3 is 2.47 bits per heavy atom. The van der Waals surface area contributed by atoms with Gasteiger partial charge in [0.15, 0.2) is 6.29 Å². The molecular formula is C32H53NO5. The van der Waals surface area contributed by atoms with Crippen LogP contribution >= 0.6 is 0 Å². The Morgan fingerprint density at radius 2 is 1.74 bits per heavy atom. The van der Waals surface area contributed by atoms with Crippen molar-refractivity contribution in [2.75, 3.05) is 19.7 Å². The summed E-state index contributed by atoms with van der Waals surface area (Å²) in [6, 6.07) is 0. The van der Waals surface area contributed by atoms with Crippen molar-refractivity contribution >= 4 is 0 Å². The quantitative estimate of drug-likeness (QED) is 0.490. The summed E-state index contributed by atoms with van der Waals surface area (Å²) in [6.45, 7) is 13.5. The van der Waals surface area contributed by atoms with Crippen LogP contribution < -0.4 is 5.32 Å². The number of rotatable bonds is 4. The summed E-state index contributed by atoms with van der Waals surface area (Å²) in [5, 5.41) is 24.7. The summed E-state index contributed by atoms with van der Waals surface area (Å²) in [5.74, 6) is 2.91. The topological polar surface area (TPSA) is 80.2 Å². The highest BCUT2D eigenvalue weighted by atomic mass is 16.7. The average Bonchev–Trinajstić information content (AvgIpc) is 3.45. The van der Waals surface area contributed by atoms with Gasteiger partial charge in [-0.1, -0.05) is 20.8 Å². The van der Waals surface area contributed by atoms with Gasteiger partial charge in [-0.3, -0.25) is 0 Å². The minimum absolute atomic E-state index is 0.0949. The van der Waals surface area contributed by atoms with Gasteiger partial charge in [0.1, 0.15) is 6.10 Å². The van der Waals surface area contributed by atoms with Gasteiger partial charge in [-0.25, -0.2) is 0 Å². The van der Waals surface area contributed by atoms with Crippen LogP contribution in [0.25, 0.3) is 0 Å². The van der Waals surface area contributed by atoms with Gasteiger partial charge < -0.3 is 29.7 Å². The van der Waals surface area contributed by atoms with E-state index < -0.39 is 11.7 Å². The fourth-order valence-electron chi connectivity index (χ4n) is 12.0. The van der Waals surface area contributed by atoms with E-state index in [0.717, 1.165) is 56.7 Å². The van der Waals surface area contributed by atoms with Crippen molar-refractivity contribution in [1.82, 2.24) is 5.32 Å². The average molecular weight is 532 g/mol. The Morgan fingerprint density at radius 1 is 0.947 bits per heavy atom. The van der Waals surface area contributed by atoms with Gasteiger partial charge in [-0.15, -0.1) is 0 Å². The first-order valence-corrected chi connectivity index (χ1v) is 16.0. The summed E-state index contributed by atoms with van der Waals surface area (Å²) in [4.78, 5) is 0. The maximum atomic E-state index is 10.8. The number of ether oxygens (including phenoxy) is 3. The Balaban J connectivity index is 1.09. The third-order valence-corrected chi connectivity index (χ3v) is 13.8. The third kappa shape index (κ3) is 3.59. The second kappa shape index (κ2) is 8.64. The van der Waals surface area contributed by atoms with E-state index >= 15 is 0 Å². The van der Waals surface area contributed by atoms with Crippen LogP contribution in [0.1, 0.15) is 98.8 Å². The summed E-state index contributed by atoms with van der Waals surface area (Å²) in [5.41, 5.74) is 0.473. The molecule has 7 rings (SSSR count). The van der Waals surface area contributed by atoms with Crippen molar-refractivity contribution in [2.45, 2.75) is 135 Å². The van der Waals surface area contributed by atoms with Gasteiger partial charge >= 0.3 is 0 Å². The Labute approximate surface area is 229 Å². The highest BCUT2D eigenvalue weighted by molar-refractivity contribution is 5.29. The normalized spacial score (nSPS) is 54.1. The molecule has 38 heavy (non-hydrogen) atoms. The molecule has 3 N–H and O–H groups in total. The largest absolute Gasteiger partial charge is 0.388 e. The van der Waals surface area contributed by atoms with Crippen LogP contribution in [0.15, 0.2) is 0 Å². The van der Waals surface area contributed by atoms with Crippen molar-refractivity contribution in [3.8, 4) is 0 Å². The molecule has 5 aliphatic carbocycles. The molecule has 0 amide bonds. The fraction of sp³-hybridized carbons (Fsp3) is 1.00. The minimum atomic E-state index is -1.12. The van der Waals surface area contributed by atoms with Crippen LogP contribution in [0.2, 0.25) is 0 Å². The van der Waals surface area contributed by atoms with Crippen molar-refractivity contribution in [3.05, 3.63) is 0 Å². The van der Waals surface area contributed by atoms with Crippen molar-refractivity contribution < 1.29 is 24.4 Å². The Kier molecular flexibility index (Phi) is 6.06. The molecule has 2 spiro atoms. The summed E-state index contributed by atoms with van der Waals surface area (Å²) in [6.07, 6.45) is 11.9. The molecule has 6 heteroatoms. The second-order valence-electron chi connectivity index (χ2n) is 16.1. The van der Waals surface area contributed by atoms with Crippen molar-refractivity contribution in [1.29, 1.82) is 0 Å². The highest BCUT2D eigenvalue weighted by Gasteiger charge is 2.80. The molecule has 7 fully saturated rings. The first kappa shape index (κ1) is 26.6. The molecule has 2 saturated heterocycles. The second-order valence-corrected chi connectivity index (χ2v) is 16.1. The van der Waals surface area contributed by atoms with Gasteiger partial charge in [0, 0.05) is 13.1 Å². The standard InChI is InChI=1S/C32H53NO5/c1-28(2)24-9-7-19-21-16-23-20(6-8-22(37-23)27(34)29(3,4)35)30(21,5)12-13-31(19)18-32(24,31)11-10-25(28)38-26-17-33-14-15-36-26/h19-27,33-35H,6-18H2,1-5H3/t19?,20?,21?,22?,23?,24?,25-,26?,27-,30?,31-,32?/m0/s1. The van der Waals surface area contributed by atoms with E-state index in [2.05, 4.69) is 26.1 Å². The molecule has 7 aliphatic rings. The highest BCUT2D eigenvalue weighted by Crippen LogP contribution is 2.87. The van der Waals surface area contributed by atoms with Crippen LogP contribution in [0.4, 0.5) is 0 Å². The zero-order valence-electron chi connectivity index (χ0n) is 24.5. The van der Waals surface area contributed by atoms with Gasteiger partial charge in [-0.2, -0.15) is 0 Å². The van der Waals surface area contributed by atoms with Crippen LogP contribution in [-0.4, -0.2) is 66.2 Å². The molecule has 2 heterocycles. The molecule has 0 aromatic heterocycles. The van der Waals surface area contributed by atoms with Crippen molar-refractivity contribution in [3.63, 3.8) is 0 Å². The predicted octanol–water partition coefficient (Wildman–Crippen LogP) is 4.66. The molecular weight excluding hydrogens is 478 g/mol. The number of aliphatic hydroxyl groups excluding tert-OH is 1. The first-order valence-electron chi connectivity index (χ1n) is 16.0. The summed E-state index contributed by atoms with van der Waals surface area (Å²) < 4.78 is 19.3. The molecule has 9 unspecified atom stereocenters. The number of aliphatic hydroxyl groups is 2. The smallest absolute Gasteiger partial charge is 0.170 e. The Bertz CT molecular complexity index is 927. The lowest BCUT2D eigenvalue weighted by Gasteiger charge is -2.60. The van der Waals surface area contributed by atoms with Crippen molar-refractivity contribution in [2.24, 2.45) is 45.3 Å². The lowest BCUT2D eigenvalue weighted by atomic mass is 9.46. The number of fused-ring (bicyclic) bond motifs is 4. The zero-order chi connectivity index (χ0) is 26.7. The van der Waals surface area contributed by atoms with Gasteiger partial charge in [0.25, 0.3) is 0 Å². The molecule has 0 bridgehead atoms. The van der Waals surface area contributed by atoms with E-state index in [0.29, 0.717) is 22.2 Å². The van der Waals surface area contributed by atoms with Crippen LogP contribution in [-0.2, 0) is 14.2 Å².